The zero-order valence-electron chi connectivity index (χ0n) is 16.9. The number of rotatable bonds is 8. The van der Waals surface area contributed by atoms with Crippen LogP contribution in [0.1, 0.15) is 42.1 Å². The summed E-state index contributed by atoms with van der Waals surface area (Å²) in [5.41, 5.74) is 1.43. The third-order valence-corrected chi connectivity index (χ3v) is 8.10. The molecule has 0 saturated carbocycles. The van der Waals surface area contributed by atoms with Crippen LogP contribution in [-0.4, -0.2) is 48.5 Å². The van der Waals surface area contributed by atoms with E-state index in [1.165, 1.54) is 28.2 Å². The molecular weight excluding hydrogens is 425 g/mol. The van der Waals surface area contributed by atoms with Crippen molar-refractivity contribution >= 4 is 27.7 Å². The topological polar surface area (TPSA) is 79.4 Å². The largest absolute Gasteiger partial charge is 0.349 e. The first-order valence-electron chi connectivity index (χ1n) is 10.00. The molecular formula is C21H26FN3O3S2. The van der Waals surface area contributed by atoms with Crippen LogP contribution in [0.25, 0.3) is 0 Å². The van der Waals surface area contributed by atoms with Gasteiger partial charge in [-0.05, 0) is 49.1 Å². The molecule has 1 saturated heterocycles. The van der Waals surface area contributed by atoms with Gasteiger partial charge in [-0.3, -0.25) is 4.79 Å². The number of carbonyl (C=O) groups is 1. The van der Waals surface area contributed by atoms with Gasteiger partial charge in [0.1, 0.15) is 10.8 Å². The van der Waals surface area contributed by atoms with E-state index in [1.807, 2.05) is 6.92 Å². The summed E-state index contributed by atoms with van der Waals surface area (Å²) in [6.07, 6.45) is 3.42. The summed E-state index contributed by atoms with van der Waals surface area (Å²) >= 11 is 1.42. The van der Waals surface area contributed by atoms with E-state index in [-0.39, 0.29) is 23.5 Å². The number of halogens is 1. The van der Waals surface area contributed by atoms with Gasteiger partial charge in [0.25, 0.3) is 5.91 Å². The maximum Gasteiger partial charge on any atom is 0.254 e. The van der Waals surface area contributed by atoms with E-state index >= 15 is 0 Å². The van der Waals surface area contributed by atoms with Gasteiger partial charge in [-0.15, -0.1) is 11.8 Å². The van der Waals surface area contributed by atoms with E-state index < -0.39 is 10.0 Å². The Morgan fingerprint density at radius 2 is 1.93 bits per heavy atom. The molecule has 0 atom stereocenters. The van der Waals surface area contributed by atoms with Crippen molar-refractivity contribution in [2.45, 2.75) is 43.0 Å². The number of amides is 1. The third kappa shape index (κ3) is 6.02. The van der Waals surface area contributed by atoms with Crippen molar-refractivity contribution in [2.24, 2.45) is 0 Å². The molecule has 2 heterocycles. The summed E-state index contributed by atoms with van der Waals surface area (Å²) in [7, 11) is -3.20. The molecule has 1 N–H and O–H groups in total. The maximum absolute atomic E-state index is 13.1. The Bertz CT molecular complexity index is 960. The second-order valence-electron chi connectivity index (χ2n) is 7.23. The lowest BCUT2D eigenvalue weighted by molar-refractivity contribution is 0.0920. The molecule has 2 aromatic rings. The average Bonchev–Trinajstić information content (AvgIpc) is 2.74. The number of sulfonamides is 1. The van der Waals surface area contributed by atoms with Crippen molar-refractivity contribution in [1.82, 2.24) is 14.6 Å². The van der Waals surface area contributed by atoms with Crippen molar-refractivity contribution in [3.05, 3.63) is 59.5 Å². The number of benzene rings is 1. The zero-order chi connectivity index (χ0) is 21.6. The minimum atomic E-state index is -3.20. The van der Waals surface area contributed by atoms with Crippen molar-refractivity contribution in [2.75, 3.05) is 18.8 Å². The number of hydrogen-bond donors (Lipinski definition) is 1. The van der Waals surface area contributed by atoms with Crippen LogP contribution in [-0.2, 0) is 15.8 Å². The second-order valence-corrected chi connectivity index (χ2v) is 10.3. The second kappa shape index (κ2) is 10.4. The number of nitrogens with zero attached hydrogens (tertiary/aromatic N) is 2. The molecule has 0 radical (unpaired) electrons. The van der Waals surface area contributed by atoms with Gasteiger partial charge in [0.2, 0.25) is 10.0 Å². The first-order valence-corrected chi connectivity index (χ1v) is 12.6. The average molecular weight is 452 g/mol. The predicted molar refractivity (Wildman–Crippen MR) is 116 cm³/mol. The molecule has 162 valence electrons. The third-order valence-electron chi connectivity index (χ3n) is 4.95. The fourth-order valence-corrected chi connectivity index (χ4v) is 5.83. The van der Waals surface area contributed by atoms with E-state index in [1.54, 1.807) is 30.5 Å². The van der Waals surface area contributed by atoms with Crippen LogP contribution in [0.2, 0.25) is 0 Å². The summed E-state index contributed by atoms with van der Waals surface area (Å²) < 4.78 is 39.0. The molecule has 3 rings (SSSR count). The number of pyridine rings is 1. The highest BCUT2D eigenvalue weighted by atomic mass is 32.2. The number of carbonyl (C=O) groups excluding carboxylic acids is 1. The highest BCUT2D eigenvalue weighted by molar-refractivity contribution is 7.98. The Balaban J connectivity index is 1.58. The van der Waals surface area contributed by atoms with Crippen molar-refractivity contribution in [3.63, 3.8) is 0 Å². The molecule has 1 aromatic carbocycles. The van der Waals surface area contributed by atoms with Gasteiger partial charge in [-0.1, -0.05) is 19.1 Å². The fourth-order valence-electron chi connectivity index (χ4n) is 3.34. The SMILES string of the molecule is CCCS(=O)(=O)N1CCC(NC(=O)c2cccnc2SCc2ccc(F)cc2)CC1. The number of aromatic nitrogens is 1. The Morgan fingerprint density at radius 1 is 1.23 bits per heavy atom. The zero-order valence-corrected chi connectivity index (χ0v) is 18.5. The first-order chi connectivity index (χ1) is 14.4. The summed E-state index contributed by atoms with van der Waals surface area (Å²) in [6.45, 7) is 2.70. The smallest absolute Gasteiger partial charge is 0.254 e. The van der Waals surface area contributed by atoms with Gasteiger partial charge < -0.3 is 5.32 Å². The molecule has 1 fully saturated rings. The van der Waals surface area contributed by atoms with Gasteiger partial charge in [0, 0.05) is 31.1 Å². The predicted octanol–water partition coefficient (Wildman–Crippen LogP) is 3.45. The molecule has 9 heteroatoms. The Kier molecular flexibility index (Phi) is 7.85. The number of piperidine rings is 1. The minimum absolute atomic E-state index is 0.0688. The molecule has 6 nitrogen and oxygen atoms in total. The maximum atomic E-state index is 13.1. The van der Waals surface area contributed by atoms with Crippen molar-refractivity contribution in [1.29, 1.82) is 0 Å². The summed E-state index contributed by atoms with van der Waals surface area (Å²) in [5.74, 6) is 0.245. The summed E-state index contributed by atoms with van der Waals surface area (Å²) in [4.78, 5) is 17.2. The Hall–Kier alpha value is -1.97. The van der Waals surface area contributed by atoms with Crippen LogP contribution in [0, 0.1) is 5.82 Å². The standard InChI is InChI=1S/C21H26FN3O3S2/c1-2-14-30(27,28)25-12-9-18(10-13-25)24-20(26)19-4-3-11-23-21(19)29-15-16-5-7-17(22)8-6-16/h3-8,11,18H,2,9-10,12-15H2,1H3,(H,24,26). The van der Waals surface area contributed by atoms with Crippen LogP contribution < -0.4 is 5.32 Å². The van der Waals surface area contributed by atoms with Crippen LogP contribution >= 0.6 is 11.8 Å². The van der Waals surface area contributed by atoms with Crippen LogP contribution in [0.3, 0.4) is 0 Å². The molecule has 0 bridgehead atoms. The Morgan fingerprint density at radius 3 is 2.60 bits per heavy atom. The van der Waals surface area contributed by atoms with Gasteiger partial charge in [-0.2, -0.15) is 0 Å². The molecule has 1 aliphatic rings. The van der Waals surface area contributed by atoms with E-state index in [2.05, 4.69) is 10.3 Å². The van der Waals surface area contributed by atoms with Gasteiger partial charge >= 0.3 is 0 Å². The van der Waals surface area contributed by atoms with E-state index in [9.17, 15) is 17.6 Å². The van der Waals surface area contributed by atoms with Crippen molar-refractivity contribution < 1.29 is 17.6 Å². The van der Waals surface area contributed by atoms with Gasteiger partial charge in [0.15, 0.2) is 0 Å². The molecule has 1 aliphatic heterocycles. The lowest BCUT2D eigenvalue weighted by Gasteiger charge is -2.31. The lowest BCUT2D eigenvalue weighted by Crippen LogP contribution is -2.47. The minimum Gasteiger partial charge on any atom is -0.349 e. The number of thioether (sulfide) groups is 1. The van der Waals surface area contributed by atoms with E-state index in [0.29, 0.717) is 48.7 Å². The van der Waals surface area contributed by atoms with Crippen molar-refractivity contribution in [3.8, 4) is 0 Å². The van der Waals surface area contributed by atoms with Crippen LogP contribution in [0.4, 0.5) is 4.39 Å². The fraction of sp³-hybridized carbons (Fsp3) is 0.429. The normalized spacial score (nSPS) is 15.8. The highest BCUT2D eigenvalue weighted by Crippen LogP contribution is 2.25. The number of hydrogen-bond acceptors (Lipinski definition) is 5. The Labute approximate surface area is 181 Å². The first kappa shape index (κ1) is 22.7. The highest BCUT2D eigenvalue weighted by Gasteiger charge is 2.28. The quantitative estimate of drug-likeness (QED) is 0.622. The van der Waals surface area contributed by atoms with Crippen LogP contribution in [0.5, 0.6) is 0 Å². The molecule has 1 aromatic heterocycles. The van der Waals surface area contributed by atoms with E-state index in [0.717, 1.165) is 5.56 Å². The molecule has 30 heavy (non-hydrogen) atoms. The molecule has 0 aliphatic carbocycles. The molecule has 0 unspecified atom stereocenters. The monoisotopic (exact) mass is 451 g/mol. The summed E-state index contributed by atoms with van der Waals surface area (Å²) in [6, 6.07) is 9.63. The number of nitrogens with one attached hydrogen (secondary N) is 1. The van der Waals surface area contributed by atoms with Gasteiger partial charge in [0.05, 0.1) is 11.3 Å². The summed E-state index contributed by atoms with van der Waals surface area (Å²) in [5, 5.41) is 3.64. The molecule has 1 amide bonds. The van der Waals surface area contributed by atoms with E-state index in [4.69, 9.17) is 0 Å². The lowest BCUT2D eigenvalue weighted by atomic mass is 10.1. The van der Waals surface area contributed by atoms with Gasteiger partial charge in [-0.25, -0.2) is 22.1 Å². The molecule has 0 spiro atoms. The van der Waals surface area contributed by atoms with Crippen LogP contribution in [0.15, 0.2) is 47.6 Å².